The maximum Gasteiger partial charge on any atom is 0.0670 e. The van der Waals surface area contributed by atoms with Crippen molar-refractivity contribution < 1.29 is 5.11 Å². The van der Waals surface area contributed by atoms with Crippen LogP contribution < -0.4 is 0 Å². The molecule has 8 heavy (non-hydrogen) atoms. The molecule has 0 saturated heterocycles. The number of hydrogen-bond donors (Lipinski definition) is 1. The molecule has 0 unspecified atom stereocenters. The van der Waals surface area contributed by atoms with E-state index in [9.17, 15) is 0 Å². The summed E-state index contributed by atoms with van der Waals surface area (Å²) in [5, 5.41) is 9.91. The molecule has 0 heterocycles. The van der Waals surface area contributed by atoms with Crippen LogP contribution in [0, 0.1) is 0 Å². The highest BCUT2D eigenvalue weighted by molar-refractivity contribution is 9.09. The van der Waals surface area contributed by atoms with Gasteiger partial charge in [-0.25, -0.2) is 0 Å². The second kappa shape index (κ2) is 4.77. The Balaban J connectivity index is 3.17. The second-order valence-corrected chi connectivity index (χ2v) is 3.96. The molecule has 0 bridgehead atoms. The molecule has 0 aromatic carbocycles. The van der Waals surface area contributed by atoms with Crippen molar-refractivity contribution in [1.29, 1.82) is 0 Å². The van der Waals surface area contributed by atoms with Gasteiger partial charge >= 0.3 is 0 Å². The van der Waals surface area contributed by atoms with Gasteiger partial charge in [-0.1, -0.05) is 38.8 Å². The van der Waals surface area contributed by atoms with E-state index in [0.717, 1.165) is 11.8 Å². The summed E-state index contributed by atoms with van der Waals surface area (Å²) in [5.74, 6) is 0. The summed E-state index contributed by atoms with van der Waals surface area (Å²) < 4.78 is 0. The van der Waals surface area contributed by atoms with Gasteiger partial charge in [-0.15, -0.1) is 0 Å². The Morgan fingerprint density at radius 2 is 2.12 bits per heavy atom. The molecule has 0 saturated carbocycles. The SMILES string of the molecule is C[C@H](Br)[C@@H](O)CCBr. The molecule has 0 radical (unpaired) electrons. The third-order valence-corrected chi connectivity index (χ3v) is 2.00. The van der Waals surface area contributed by atoms with Crippen LogP contribution in [0.15, 0.2) is 0 Å². The highest BCUT2D eigenvalue weighted by atomic mass is 79.9. The Bertz CT molecular complexity index is 56.4. The van der Waals surface area contributed by atoms with E-state index in [0.29, 0.717) is 0 Å². The maximum absolute atomic E-state index is 9.05. The van der Waals surface area contributed by atoms with Crippen LogP contribution in [0.4, 0.5) is 0 Å². The third-order valence-electron chi connectivity index (χ3n) is 0.935. The summed E-state index contributed by atoms with van der Waals surface area (Å²) in [6.45, 7) is 1.94. The van der Waals surface area contributed by atoms with Gasteiger partial charge in [-0.3, -0.25) is 0 Å². The van der Waals surface area contributed by atoms with Crippen LogP contribution >= 0.6 is 31.9 Å². The third kappa shape index (κ3) is 3.87. The second-order valence-electron chi connectivity index (χ2n) is 1.72. The molecule has 1 nitrogen and oxygen atoms in total. The van der Waals surface area contributed by atoms with Crippen molar-refractivity contribution in [2.45, 2.75) is 24.3 Å². The lowest BCUT2D eigenvalue weighted by molar-refractivity contribution is 0.175. The van der Waals surface area contributed by atoms with E-state index in [4.69, 9.17) is 5.11 Å². The van der Waals surface area contributed by atoms with Gasteiger partial charge < -0.3 is 5.11 Å². The van der Waals surface area contributed by atoms with Crippen molar-refractivity contribution in [3.8, 4) is 0 Å². The molecule has 0 spiro atoms. The molecule has 0 aromatic rings. The first-order valence-electron chi connectivity index (χ1n) is 2.56. The van der Waals surface area contributed by atoms with Crippen LogP contribution in [-0.2, 0) is 0 Å². The van der Waals surface area contributed by atoms with E-state index in [1.807, 2.05) is 6.92 Å². The molecule has 0 aliphatic rings. The normalized spacial score (nSPS) is 18.0. The standard InChI is InChI=1S/C5H10Br2O/c1-4(7)5(8)2-3-6/h4-5,8H,2-3H2,1H3/t4-,5-/m0/s1. The van der Waals surface area contributed by atoms with E-state index in [-0.39, 0.29) is 10.9 Å². The van der Waals surface area contributed by atoms with E-state index in [2.05, 4.69) is 31.9 Å². The smallest absolute Gasteiger partial charge is 0.0670 e. The molecule has 0 fully saturated rings. The minimum atomic E-state index is -0.214. The number of rotatable bonds is 3. The zero-order valence-electron chi connectivity index (χ0n) is 4.77. The quantitative estimate of drug-likeness (QED) is 0.754. The highest BCUT2D eigenvalue weighted by Crippen LogP contribution is 2.08. The largest absolute Gasteiger partial charge is 0.392 e. The van der Waals surface area contributed by atoms with Gasteiger partial charge in [0, 0.05) is 10.2 Å². The first-order valence-corrected chi connectivity index (χ1v) is 4.60. The molecule has 0 amide bonds. The van der Waals surface area contributed by atoms with Crippen LogP contribution in [0.25, 0.3) is 0 Å². The molecule has 0 aromatic heterocycles. The fourth-order valence-electron chi connectivity index (χ4n) is 0.341. The van der Waals surface area contributed by atoms with E-state index >= 15 is 0 Å². The zero-order chi connectivity index (χ0) is 6.57. The Morgan fingerprint density at radius 1 is 1.62 bits per heavy atom. The lowest BCUT2D eigenvalue weighted by Crippen LogP contribution is -2.16. The maximum atomic E-state index is 9.05. The number of alkyl halides is 2. The van der Waals surface area contributed by atoms with E-state index in [1.54, 1.807) is 0 Å². The minimum absolute atomic E-state index is 0.208. The first-order chi connectivity index (χ1) is 3.68. The van der Waals surface area contributed by atoms with Crippen molar-refractivity contribution in [3.05, 3.63) is 0 Å². The van der Waals surface area contributed by atoms with Crippen molar-refractivity contribution in [2.24, 2.45) is 0 Å². The zero-order valence-corrected chi connectivity index (χ0v) is 7.94. The van der Waals surface area contributed by atoms with Gasteiger partial charge in [0.15, 0.2) is 0 Å². The molecular weight excluding hydrogens is 236 g/mol. The van der Waals surface area contributed by atoms with Crippen molar-refractivity contribution in [1.82, 2.24) is 0 Å². The minimum Gasteiger partial charge on any atom is -0.392 e. The number of hydrogen-bond acceptors (Lipinski definition) is 1. The molecule has 2 atom stereocenters. The van der Waals surface area contributed by atoms with Crippen LogP contribution in [0.2, 0.25) is 0 Å². The molecule has 0 rings (SSSR count). The number of aliphatic hydroxyl groups is 1. The highest BCUT2D eigenvalue weighted by Gasteiger charge is 2.07. The van der Waals surface area contributed by atoms with Crippen LogP contribution in [0.3, 0.4) is 0 Å². The Labute approximate surface area is 66.7 Å². The van der Waals surface area contributed by atoms with Gasteiger partial charge in [0.25, 0.3) is 0 Å². The summed E-state index contributed by atoms with van der Waals surface area (Å²) in [6, 6.07) is 0. The molecule has 1 N–H and O–H groups in total. The molecule has 0 aliphatic heterocycles. The molecular formula is C5H10Br2O. The van der Waals surface area contributed by atoms with E-state index in [1.165, 1.54) is 0 Å². The van der Waals surface area contributed by atoms with Gasteiger partial charge in [-0.2, -0.15) is 0 Å². The Hall–Kier alpha value is 0.920. The summed E-state index contributed by atoms with van der Waals surface area (Å²) in [7, 11) is 0. The fourth-order valence-corrected chi connectivity index (χ4v) is 1.07. The molecule has 3 heteroatoms. The van der Waals surface area contributed by atoms with Gasteiger partial charge in [0.1, 0.15) is 0 Å². The summed E-state index contributed by atoms with van der Waals surface area (Å²) in [6.07, 6.45) is 0.598. The Kier molecular flexibility index (Phi) is 5.31. The first kappa shape index (κ1) is 8.92. The monoisotopic (exact) mass is 244 g/mol. The van der Waals surface area contributed by atoms with Gasteiger partial charge in [0.2, 0.25) is 0 Å². The lowest BCUT2D eigenvalue weighted by atomic mass is 10.2. The van der Waals surface area contributed by atoms with Crippen molar-refractivity contribution in [3.63, 3.8) is 0 Å². The Morgan fingerprint density at radius 3 is 2.25 bits per heavy atom. The van der Waals surface area contributed by atoms with Crippen molar-refractivity contribution >= 4 is 31.9 Å². The molecule has 50 valence electrons. The summed E-state index contributed by atoms with van der Waals surface area (Å²) in [4.78, 5) is 0.208. The van der Waals surface area contributed by atoms with Crippen LogP contribution in [0.5, 0.6) is 0 Å². The van der Waals surface area contributed by atoms with E-state index < -0.39 is 0 Å². The fraction of sp³-hybridized carbons (Fsp3) is 1.00. The topological polar surface area (TPSA) is 20.2 Å². The number of aliphatic hydroxyl groups excluding tert-OH is 1. The predicted molar refractivity (Wildman–Crippen MR) is 42.8 cm³/mol. The summed E-state index contributed by atoms with van der Waals surface area (Å²) in [5.41, 5.74) is 0. The number of halogens is 2. The van der Waals surface area contributed by atoms with Gasteiger partial charge in [0.05, 0.1) is 6.10 Å². The average molecular weight is 246 g/mol. The lowest BCUT2D eigenvalue weighted by Gasteiger charge is -2.09. The summed E-state index contributed by atoms with van der Waals surface area (Å²) >= 11 is 6.51. The van der Waals surface area contributed by atoms with Gasteiger partial charge in [-0.05, 0) is 6.42 Å². The predicted octanol–water partition coefficient (Wildman–Crippen LogP) is 1.92. The van der Waals surface area contributed by atoms with Crippen LogP contribution in [0.1, 0.15) is 13.3 Å². The van der Waals surface area contributed by atoms with Crippen LogP contribution in [-0.4, -0.2) is 21.4 Å². The average Bonchev–Trinajstić information content (AvgIpc) is 1.67. The van der Waals surface area contributed by atoms with Crippen molar-refractivity contribution in [2.75, 3.05) is 5.33 Å². The molecule has 0 aliphatic carbocycles.